The number of halogens is 1. The molecule has 0 fully saturated rings. The number of fused-ring (bicyclic) bond motifs is 1. The molecule has 0 aliphatic heterocycles. The van der Waals surface area contributed by atoms with E-state index >= 15 is 0 Å². The first-order valence-corrected chi connectivity index (χ1v) is 12.2. The van der Waals surface area contributed by atoms with Gasteiger partial charge in [-0.25, -0.2) is 19.3 Å². The number of imidazole rings is 1. The Kier molecular flexibility index (Phi) is 8.13. The van der Waals surface area contributed by atoms with E-state index in [0.29, 0.717) is 34.4 Å². The highest BCUT2D eigenvalue weighted by Crippen LogP contribution is 2.31. The van der Waals surface area contributed by atoms with Crippen LogP contribution < -0.4 is 5.32 Å². The molecule has 4 N–H and O–H groups in total. The third-order valence-corrected chi connectivity index (χ3v) is 6.06. The summed E-state index contributed by atoms with van der Waals surface area (Å²) >= 11 is 0. The molecule has 198 valence electrons. The lowest BCUT2D eigenvalue weighted by Gasteiger charge is -2.17. The maximum Gasteiger partial charge on any atom is 0.305 e. The Labute approximate surface area is 219 Å². The monoisotopic (exact) mass is 519 g/mol. The van der Waals surface area contributed by atoms with Gasteiger partial charge >= 0.3 is 5.97 Å². The molecule has 4 aromatic rings. The predicted molar refractivity (Wildman–Crippen MR) is 143 cm³/mol. The number of benzene rings is 2. The first-order valence-electron chi connectivity index (χ1n) is 12.2. The standard InChI is InChI=1S/C28H30FN5O4/c1-16(2)25-21(13-12-19(35)14-20(36)15-24(37)38)26(17-8-10-18(29)11-9-17)32-27(31-25)33-28-30-22-6-4-5-7-23(22)34(28)3/h4-13,16,19-20,35-36H,14-15H2,1-3H3,(H,37,38)(H,30,31,32,33)/b13-12+/t19-,20-/m1/s1. The van der Waals surface area contributed by atoms with E-state index < -0.39 is 24.6 Å². The largest absolute Gasteiger partial charge is 0.481 e. The fourth-order valence-electron chi connectivity index (χ4n) is 4.18. The summed E-state index contributed by atoms with van der Waals surface area (Å²) < 4.78 is 15.6. The number of nitrogens with zero attached hydrogens (tertiary/aromatic N) is 4. The second-order valence-corrected chi connectivity index (χ2v) is 9.38. The summed E-state index contributed by atoms with van der Waals surface area (Å²) in [5.74, 6) is -0.720. The molecular formula is C28H30FN5O4. The number of rotatable bonds is 10. The first-order chi connectivity index (χ1) is 18.1. The van der Waals surface area contributed by atoms with E-state index in [1.165, 1.54) is 18.2 Å². The highest BCUT2D eigenvalue weighted by molar-refractivity contribution is 5.80. The van der Waals surface area contributed by atoms with Gasteiger partial charge < -0.3 is 19.9 Å². The van der Waals surface area contributed by atoms with Gasteiger partial charge in [0, 0.05) is 24.6 Å². The molecular weight excluding hydrogens is 489 g/mol. The van der Waals surface area contributed by atoms with Crippen molar-refractivity contribution >= 4 is 35.0 Å². The first kappa shape index (κ1) is 26.9. The maximum absolute atomic E-state index is 13.7. The Balaban J connectivity index is 1.76. The molecule has 0 aliphatic rings. The summed E-state index contributed by atoms with van der Waals surface area (Å²) in [6.07, 6.45) is 0.243. The van der Waals surface area contributed by atoms with Gasteiger partial charge in [-0.15, -0.1) is 0 Å². The van der Waals surface area contributed by atoms with Crippen molar-refractivity contribution in [3.05, 3.63) is 71.7 Å². The van der Waals surface area contributed by atoms with E-state index in [4.69, 9.17) is 15.1 Å². The quantitative estimate of drug-likeness (QED) is 0.238. The number of carbonyl (C=O) groups is 1. The molecule has 2 aromatic heterocycles. The van der Waals surface area contributed by atoms with Crippen molar-refractivity contribution in [2.45, 2.75) is 44.8 Å². The summed E-state index contributed by atoms with van der Waals surface area (Å²) in [5, 5.41) is 32.4. The van der Waals surface area contributed by atoms with Crippen LogP contribution in [-0.4, -0.2) is 53.0 Å². The lowest BCUT2D eigenvalue weighted by Crippen LogP contribution is -2.19. The molecule has 0 saturated carbocycles. The third-order valence-electron chi connectivity index (χ3n) is 6.06. The fourth-order valence-corrected chi connectivity index (χ4v) is 4.18. The number of nitrogens with one attached hydrogen (secondary N) is 1. The number of aromatic nitrogens is 4. The molecule has 0 bridgehead atoms. The average molecular weight is 520 g/mol. The second kappa shape index (κ2) is 11.5. The zero-order chi connectivity index (χ0) is 27.4. The van der Waals surface area contributed by atoms with Gasteiger partial charge in [0.15, 0.2) is 0 Å². The Morgan fingerprint density at radius 3 is 2.45 bits per heavy atom. The molecule has 38 heavy (non-hydrogen) atoms. The highest BCUT2D eigenvalue weighted by atomic mass is 19.1. The Morgan fingerprint density at radius 1 is 1.08 bits per heavy atom. The minimum Gasteiger partial charge on any atom is -0.481 e. The van der Waals surface area contributed by atoms with E-state index in [-0.39, 0.29) is 18.2 Å². The molecule has 2 atom stereocenters. The number of carboxylic acid groups (broad SMARTS) is 1. The van der Waals surface area contributed by atoms with Crippen molar-refractivity contribution in [3.63, 3.8) is 0 Å². The molecule has 2 heterocycles. The molecule has 4 rings (SSSR count). The number of aliphatic hydroxyl groups is 2. The van der Waals surface area contributed by atoms with Crippen LogP contribution in [0.4, 0.5) is 16.3 Å². The van der Waals surface area contributed by atoms with Crippen LogP contribution in [0.2, 0.25) is 0 Å². The van der Waals surface area contributed by atoms with Crippen LogP contribution in [0.25, 0.3) is 28.4 Å². The van der Waals surface area contributed by atoms with Crippen molar-refractivity contribution in [1.82, 2.24) is 19.5 Å². The van der Waals surface area contributed by atoms with Crippen LogP contribution in [0.3, 0.4) is 0 Å². The number of para-hydroxylation sites is 2. The average Bonchev–Trinajstić information content (AvgIpc) is 3.17. The molecule has 9 nitrogen and oxygen atoms in total. The SMILES string of the molecule is CC(C)c1nc(Nc2nc3ccccc3n2C)nc(-c2ccc(F)cc2)c1/C=C/[C@@H](O)C[C@@H](O)CC(=O)O. The van der Waals surface area contributed by atoms with Gasteiger partial charge in [-0.1, -0.05) is 38.1 Å². The van der Waals surface area contributed by atoms with Crippen LogP contribution >= 0.6 is 0 Å². The van der Waals surface area contributed by atoms with Crippen LogP contribution in [0.1, 0.15) is 43.9 Å². The number of aliphatic carboxylic acids is 1. The van der Waals surface area contributed by atoms with Crippen molar-refractivity contribution in [2.24, 2.45) is 7.05 Å². The fraction of sp³-hybridized carbons (Fsp3) is 0.286. The molecule has 0 aliphatic carbocycles. The lowest BCUT2D eigenvalue weighted by molar-refractivity contribution is -0.139. The van der Waals surface area contributed by atoms with Gasteiger partial charge in [0.2, 0.25) is 11.9 Å². The topological polar surface area (TPSA) is 133 Å². The van der Waals surface area contributed by atoms with Gasteiger partial charge in [0.25, 0.3) is 0 Å². The minimum absolute atomic E-state index is 0.0485. The van der Waals surface area contributed by atoms with E-state index in [1.807, 2.05) is 49.7 Å². The smallest absolute Gasteiger partial charge is 0.305 e. The zero-order valence-electron chi connectivity index (χ0n) is 21.3. The summed E-state index contributed by atoms with van der Waals surface area (Å²) in [6, 6.07) is 13.6. The Hall–Kier alpha value is -4.15. The molecule has 10 heteroatoms. The van der Waals surface area contributed by atoms with Gasteiger partial charge in [-0.2, -0.15) is 0 Å². The Bertz CT molecular complexity index is 1470. The van der Waals surface area contributed by atoms with Gasteiger partial charge in [0.05, 0.1) is 41.1 Å². The summed E-state index contributed by atoms with van der Waals surface area (Å²) in [7, 11) is 1.89. The molecule has 0 amide bonds. The number of aryl methyl sites for hydroxylation is 1. The van der Waals surface area contributed by atoms with Crippen LogP contribution in [0.5, 0.6) is 0 Å². The van der Waals surface area contributed by atoms with Crippen molar-refractivity contribution in [2.75, 3.05) is 5.32 Å². The van der Waals surface area contributed by atoms with E-state index in [2.05, 4.69) is 10.3 Å². The normalized spacial score (nSPS) is 13.3. The molecule has 0 saturated heterocycles. The number of aliphatic hydroxyl groups excluding tert-OH is 2. The van der Waals surface area contributed by atoms with Crippen molar-refractivity contribution < 1.29 is 24.5 Å². The number of anilines is 2. The summed E-state index contributed by atoms with van der Waals surface area (Å²) in [5.41, 5.74) is 4.21. The van der Waals surface area contributed by atoms with E-state index in [0.717, 1.165) is 11.0 Å². The Morgan fingerprint density at radius 2 is 1.79 bits per heavy atom. The van der Waals surface area contributed by atoms with Crippen molar-refractivity contribution in [3.8, 4) is 11.3 Å². The van der Waals surface area contributed by atoms with Crippen LogP contribution in [0, 0.1) is 5.82 Å². The van der Waals surface area contributed by atoms with Gasteiger partial charge in [0.1, 0.15) is 5.82 Å². The third kappa shape index (κ3) is 6.21. The maximum atomic E-state index is 13.7. The number of hydrogen-bond donors (Lipinski definition) is 4. The summed E-state index contributed by atoms with van der Waals surface area (Å²) in [4.78, 5) is 25.0. The number of carboxylic acids is 1. The van der Waals surface area contributed by atoms with Gasteiger partial charge in [-0.05, 0) is 42.3 Å². The van der Waals surface area contributed by atoms with E-state index in [9.17, 15) is 19.4 Å². The van der Waals surface area contributed by atoms with Crippen LogP contribution in [-0.2, 0) is 11.8 Å². The van der Waals surface area contributed by atoms with Gasteiger partial charge in [-0.3, -0.25) is 10.1 Å². The van der Waals surface area contributed by atoms with Crippen molar-refractivity contribution in [1.29, 1.82) is 0 Å². The minimum atomic E-state index is -1.19. The summed E-state index contributed by atoms with van der Waals surface area (Å²) in [6.45, 7) is 3.94. The molecule has 0 unspecified atom stereocenters. The number of hydrogen-bond acceptors (Lipinski definition) is 7. The van der Waals surface area contributed by atoms with Crippen LogP contribution in [0.15, 0.2) is 54.6 Å². The zero-order valence-corrected chi connectivity index (χ0v) is 21.3. The molecule has 0 spiro atoms. The molecule has 0 radical (unpaired) electrons. The second-order valence-electron chi connectivity index (χ2n) is 9.38. The predicted octanol–water partition coefficient (Wildman–Crippen LogP) is 4.64. The lowest BCUT2D eigenvalue weighted by atomic mass is 9.97. The highest BCUT2D eigenvalue weighted by Gasteiger charge is 2.19. The van der Waals surface area contributed by atoms with E-state index in [1.54, 1.807) is 18.2 Å². The molecule has 2 aromatic carbocycles.